The summed E-state index contributed by atoms with van der Waals surface area (Å²) in [6.07, 6.45) is -1.96. The van der Waals surface area contributed by atoms with Crippen molar-refractivity contribution in [2.24, 2.45) is 5.92 Å². The van der Waals surface area contributed by atoms with Crippen LogP contribution in [0.4, 0.5) is 23.7 Å². The first-order valence-electron chi connectivity index (χ1n) is 8.33. The summed E-state index contributed by atoms with van der Waals surface area (Å²) in [7, 11) is 0. The zero-order valence-electron chi connectivity index (χ0n) is 13.8. The van der Waals surface area contributed by atoms with Crippen molar-refractivity contribution in [1.29, 1.82) is 0 Å². The lowest BCUT2D eigenvalue weighted by Gasteiger charge is -2.40. The molecule has 1 aromatic rings. The number of carbonyl (C=O) groups excluding carboxylic acids is 1. The molecular weight excluding hydrogens is 357 g/mol. The second kappa shape index (κ2) is 6.68. The van der Waals surface area contributed by atoms with Gasteiger partial charge in [-0.2, -0.15) is 13.2 Å². The summed E-state index contributed by atoms with van der Waals surface area (Å²) >= 11 is 5.97. The monoisotopic (exact) mass is 376 g/mol. The number of nitrogens with one attached hydrogen (secondary N) is 1. The van der Waals surface area contributed by atoms with E-state index in [1.807, 2.05) is 0 Å². The van der Waals surface area contributed by atoms with E-state index in [-0.39, 0.29) is 35.3 Å². The van der Waals surface area contributed by atoms with Crippen LogP contribution in [0.25, 0.3) is 0 Å². The molecule has 0 aromatic heterocycles. The van der Waals surface area contributed by atoms with E-state index in [9.17, 15) is 18.0 Å². The number of carbonyl (C=O) groups is 1. The number of alkyl halides is 3. The second-order valence-corrected chi connectivity index (χ2v) is 7.00. The standard InChI is InChI=1S/C17H20ClF3N2O2/c1-2-23-10-16(17(19,20)21,25-9-11-4-3-5-11)13-8-12(18)6-7-14(13)22-15(23)24/h6-8,11H,2-5,9-10H2,1H3,(H,22,24)/t16-/m0/s1. The topological polar surface area (TPSA) is 41.6 Å². The number of hydrogen-bond donors (Lipinski definition) is 1. The van der Waals surface area contributed by atoms with Crippen molar-refractivity contribution in [2.45, 2.75) is 38.0 Å². The van der Waals surface area contributed by atoms with Crippen molar-refractivity contribution in [3.05, 3.63) is 28.8 Å². The van der Waals surface area contributed by atoms with Crippen LogP contribution in [0.1, 0.15) is 31.7 Å². The maximum absolute atomic E-state index is 14.3. The van der Waals surface area contributed by atoms with E-state index in [0.717, 1.165) is 24.2 Å². The summed E-state index contributed by atoms with van der Waals surface area (Å²) in [4.78, 5) is 13.4. The van der Waals surface area contributed by atoms with Gasteiger partial charge in [0.15, 0.2) is 0 Å². The lowest BCUT2D eigenvalue weighted by molar-refractivity contribution is -0.291. The number of urea groups is 1. The van der Waals surface area contributed by atoms with E-state index >= 15 is 0 Å². The number of anilines is 1. The van der Waals surface area contributed by atoms with Crippen LogP contribution in [0.2, 0.25) is 5.02 Å². The average Bonchev–Trinajstić information content (AvgIpc) is 2.60. The Labute approximate surface area is 149 Å². The summed E-state index contributed by atoms with van der Waals surface area (Å²) in [5, 5.41) is 2.71. The molecule has 0 bridgehead atoms. The number of benzene rings is 1. The van der Waals surface area contributed by atoms with Crippen LogP contribution in [-0.4, -0.2) is 36.8 Å². The first-order valence-corrected chi connectivity index (χ1v) is 8.71. The fourth-order valence-electron chi connectivity index (χ4n) is 3.20. The fourth-order valence-corrected chi connectivity index (χ4v) is 3.37. The highest BCUT2D eigenvalue weighted by molar-refractivity contribution is 6.30. The maximum Gasteiger partial charge on any atom is 0.423 e. The number of nitrogens with zero attached hydrogens (tertiary/aromatic N) is 1. The van der Waals surface area contributed by atoms with E-state index in [4.69, 9.17) is 16.3 Å². The zero-order valence-corrected chi connectivity index (χ0v) is 14.6. The summed E-state index contributed by atoms with van der Waals surface area (Å²) in [6.45, 7) is 1.18. The molecule has 0 spiro atoms. The molecule has 1 atom stereocenters. The third-order valence-electron chi connectivity index (χ3n) is 4.99. The molecule has 0 saturated heterocycles. The van der Waals surface area contributed by atoms with E-state index in [1.165, 1.54) is 18.2 Å². The van der Waals surface area contributed by atoms with Crippen molar-refractivity contribution in [2.75, 3.05) is 25.0 Å². The quantitative estimate of drug-likeness (QED) is 0.821. The second-order valence-electron chi connectivity index (χ2n) is 6.57. The van der Waals surface area contributed by atoms with E-state index in [0.29, 0.717) is 0 Å². The van der Waals surface area contributed by atoms with Gasteiger partial charge in [0.25, 0.3) is 0 Å². The van der Waals surface area contributed by atoms with Crippen molar-refractivity contribution >= 4 is 23.3 Å². The Morgan fingerprint density at radius 2 is 2.12 bits per heavy atom. The SMILES string of the molecule is CCN1C[C@@](OCC2CCC2)(C(F)(F)F)c2cc(Cl)ccc2NC1=O. The summed E-state index contributed by atoms with van der Waals surface area (Å²) < 4.78 is 48.4. The lowest BCUT2D eigenvalue weighted by atomic mass is 9.85. The predicted molar refractivity (Wildman–Crippen MR) is 88.7 cm³/mol. The summed E-state index contributed by atoms with van der Waals surface area (Å²) in [5.74, 6) is 0.129. The number of hydrogen-bond acceptors (Lipinski definition) is 2. The molecule has 2 aliphatic rings. The third-order valence-corrected chi connectivity index (χ3v) is 5.22. The molecule has 1 heterocycles. The number of likely N-dealkylation sites (N-methyl/N-ethyl adjacent to an activating group) is 1. The van der Waals surface area contributed by atoms with Crippen LogP contribution in [0.3, 0.4) is 0 Å². The van der Waals surface area contributed by atoms with Crippen molar-refractivity contribution < 1.29 is 22.7 Å². The summed E-state index contributed by atoms with van der Waals surface area (Å²) in [5.41, 5.74) is -2.66. The minimum Gasteiger partial charge on any atom is -0.359 e. The van der Waals surface area contributed by atoms with Gasteiger partial charge < -0.3 is 15.0 Å². The van der Waals surface area contributed by atoms with Crippen LogP contribution in [0.5, 0.6) is 0 Å². The molecule has 3 rings (SSSR count). The van der Waals surface area contributed by atoms with Gasteiger partial charge in [-0.25, -0.2) is 4.79 Å². The van der Waals surface area contributed by atoms with Gasteiger partial charge in [-0.15, -0.1) is 0 Å². The number of rotatable bonds is 4. The van der Waals surface area contributed by atoms with E-state index in [2.05, 4.69) is 5.32 Å². The number of halogens is 4. The Kier molecular flexibility index (Phi) is 4.90. The predicted octanol–water partition coefficient (Wildman–Crippen LogP) is 4.78. The molecule has 4 nitrogen and oxygen atoms in total. The van der Waals surface area contributed by atoms with Crippen molar-refractivity contribution in [3.8, 4) is 0 Å². The van der Waals surface area contributed by atoms with E-state index in [1.54, 1.807) is 6.92 Å². The lowest BCUT2D eigenvalue weighted by Crippen LogP contribution is -2.53. The Hall–Kier alpha value is -1.47. The molecule has 1 fully saturated rings. The Bertz CT molecular complexity index is 664. The first-order chi connectivity index (χ1) is 11.8. The minimum atomic E-state index is -4.70. The largest absolute Gasteiger partial charge is 0.423 e. The maximum atomic E-state index is 14.3. The van der Waals surface area contributed by atoms with Gasteiger partial charge in [0.05, 0.1) is 13.2 Å². The Morgan fingerprint density at radius 1 is 1.40 bits per heavy atom. The molecule has 0 unspecified atom stereocenters. The fraction of sp³-hybridized carbons (Fsp3) is 0.588. The van der Waals surface area contributed by atoms with Crippen molar-refractivity contribution in [1.82, 2.24) is 4.90 Å². The zero-order chi connectivity index (χ0) is 18.2. The van der Waals surface area contributed by atoms with E-state index < -0.39 is 24.4 Å². The average molecular weight is 377 g/mol. The first kappa shape index (κ1) is 18.3. The molecule has 1 aliphatic heterocycles. The van der Waals surface area contributed by atoms with Crippen LogP contribution in [0, 0.1) is 5.92 Å². The normalized spacial score (nSPS) is 24.4. The van der Waals surface area contributed by atoms with Crippen LogP contribution < -0.4 is 5.32 Å². The molecule has 1 saturated carbocycles. The van der Waals surface area contributed by atoms with Gasteiger partial charge >= 0.3 is 12.2 Å². The smallest absolute Gasteiger partial charge is 0.359 e. The number of ether oxygens (including phenoxy) is 1. The van der Waals surface area contributed by atoms with Gasteiger partial charge in [0.2, 0.25) is 5.60 Å². The highest BCUT2D eigenvalue weighted by atomic mass is 35.5. The molecule has 8 heteroatoms. The molecule has 138 valence electrons. The van der Waals surface area contributed by atoms with Crippen LogP contribution in [0.15, 0.2) is 18.2 Å². The van der Waals surface area contributed by atoms with Gasteiger partial charge in [0, 0.05) is 22.8 Å². The molecule has 1 N–H and O–H groups in total. The molecule has 1 aromatic carbocycles. The van der Waals surface area contributed by atoms with Crippen molar-refractivity contribution in [3.63, 3.8) is 0 Å². The van der Waals surface area contributed by atoms with Gasteiger partial charge in [0.1, 0.15) is 0 Å². The minimum absolute atomic E-state index is 0.0111. The Balaban J connectivity index is 2.10. The summed E-state index contributed by atoms with van der Waals surface area (Å²) in [6, 6.07) is 3.51. The highest BCUT2D eigenvalue weighted by Gasteiger charge is 2.60. The van der Waals surface area contributed by atoms with Gasteiger partial charge in [-0.1, -0.05) is 18.0 Å². The molecule has 2 amide bonds. The van der Waals surface area contributed by atoms with Gasteiger partial charge in [-0.05, 0) is 43.9 Å². The van der Waals surface area contributed by atoms with Gasteiger partial charge in [-0.3, -0.25) is 0 Å². The molecule has 1 aliphatic carbocycles. The highest BCUT2D eigenvalue weighted by Crippen LogP contribution is 2.48. The molecular formula is C17H20ClF3N2O2. The number of amides is 2. The molecule has 0 radical (unpaired) electrons. The molecule has 25 heavy (non-hydrogen) atoms. The van der Waals surface area contributed by atoms with Crippen LogP contribution >= 0.6 is 11.6 Å². The third kappa shape index (κ3) is 3.31. The van der Waals surface area contributed by atoms with Crippen LogP contribution in [-0.2, 0) is 10.3 Å². The number of fused-ring (bicyclic) bond motifs is 1. The Morgan fingerprint density at radius 3 is 2.68 bits per heavy atom.